The molecule has 0 aromatic heterocycles. The number of para-hydroxylation sites is 2. The van der Waals surface area contributed by atoms with Gasteiger partial charge in [0.2, 0.25) is 0 Å². The van der Waals surface area contributed by atoms with Crippen LogP contribution in [0.4, 0.5) is 0 Å². The van der Waals surface area contributed by atoms with E-state index in [1.54, 1.807) is 0 Å². The van der Waals surface area contributed by atoms with Crippen molar-refractivity contribution in [2.24, 2.45) is 5.73 Å². The van der Waals surface area contributed by atoms with Crippen LogP contribution in [0.3, 0.4) is 0 Å². The summed E-state index contributed by atoms with van der Waals surface area (Å²) in [6.07, 6.45) is 1.83. The Balaban J connectivity index is 0.000000192. The lowest BCUT2D eigenvalue weighted by Gasteiger charge is -2.09. The number of rotatable bonds is 9. The molecule has 36 heavy (non-hydrogen) atoms. The van der Waals surface area contributed by atoms with Crippen LogP contribution >= 0.6 is 8.69 Å². The van der Waals surface area contributed by atoms with Crippen molar-refractivity contribution >= 4 is 8.69 Å². The Labute approximate surface area is 216 Å². The van der Waals surface area contributed by atoms with Gasteiger partial charge in [0.25, 0.3) is 0 Å². The molecule has 0 saturated heterocycles. The Kier molecular flexibility index (Phi) is 14.4. The molecule has 0 aliphatic heterocycles. The third-order valence-corrected chi connectivity index (χ3v) is 4.98. The summed E-state index contributed by atoms with van der Waals surface area (Å²) in [5.41, 5.74) is 10.8. The summed E-state index contributed by atoms with van der Waals surface area (Å²) in [6, 6.07) is 40.3. The highest BCUT2D eigenvalue weighted by Crippen LogP contribution is 2.19. The minimum absolute atomic E-state index is 0.156. The van der Waals surface area contributed by atoms with Crippen LogP contribution in [0.1, 0.15) is 25.0 Å². The molecule has 0 aliphatic carbocycles. The zero-order chi connectivity index (χ0) is 25.8. The van der Waals surface area contributed by atoms with Gasteiger partial charge in [-0.05, 0) is 62.1 Å². The highest BCUT2D eigenvalue weighted by molar-refractivity contribution is 7.17. The Bertz CT molecular complexity index is 1030. The van der Waals surface area contributed by atoms with Gasteiger partial charge in [0, 0.05) is 12.1 Å². The Morgan fingerprint density at radius 3 is 1.44 bits per heavy atom. The molecule has 4 aromatic rings. The lowest BCUT2D eigenvalue weighted by molar-refractivity contribution is 0.182. The van der Waals surface area contributed by atoms with Crippen molar-refractivity contribution in [1.82, 2.24) is 5.48 Å². The maximum absolute atomic E-state index is 9.97. The van der Waals surface area contributed by atoms with Crippen molar-refractivity contribution in [2.75, 3.05) is 0 Å². The van der Waals surface area contributed by atoms with Crippen LogP contribution in [-0.4, -0.2) is 12.1 Å². The summed E-state index contributed by atoms with van der Waals surface area (Å²) >= 11 is 0. The van der Waals surface area contributed by atoms with Gasteiger partial charge in [-0.15, -0.1) is 0 Å². The molecule has 3 N–H and O–H groups in total. The summed E-state index contributed by atoms with van der Waals surface area (Å²) in [5.74, 6) is 1.74. The number of hydroxylamine groups is 1. The molecule has 0 aliphatic rings. The Hall–Kier alpha value is -3.34. The second kappa shape index (κ2) is 18.0. The molecule has 0 heterocycles. The normalized spacial score (nSPS) is 11.8. The highest BCUT2D eigenvalue weighted by atomic mass is 31.1. The highest BCUT2D eigenvalue weighted by Gasteiger charge is 2.02. The van der Waals surface area contributed by atoms with E-state index in [0.717, 1.165) is 24.3 Å². The molecular formula is C30H35N2O3P. The van der Waals surface area contributed by atoms with Crippen LogP contribution in [-0.2, 0) is 22.0 Å². The van der Waals surface area contributed by atoms with Gasteiger partial charge in [-0.2, -0.15) is 5.48 Å². The maximum atomic E-state index is 9.97. The van der Waals surface area contributed by atoms with Gasteiger partial charge in [-0.25, -0.2) is 9.19 Å². The van der Waals surface area contributed by atoms with E-state index in [1.807, 2.05) is 123 Å². The summed E-state index contributed by atoms with van der Waals surface area (Å²) in [4.78, 5) is 0. The van der Waals surface area contributed by atoms with Gasteiger partial charge in [0.1, 0.15) is 11.5 Å². The quantitative estimate of drug-likeness (QED) is 0.184. The second-order valence-corrected chi connectivity index (χ2v) is 8.60. The minimum Gasteiger partial charge on any atom is -0.457 e. The number of hydrogen-bond acceptors (Lipinski definition) is 5. The maximum Gasteiger partial charge on any atom is 0.346 e. The Morgan fingerprint density at radius 1 is 0.667 bits per heavy atom. The molecule has 0 amide bonds. The summed E-state index contributed by atoms with van der Waals surface area (Å²) in [7, 11) is -0.335. The lowest BCUT2D eigenvalue weighted by atomic mass is 10.1. The van der Waals surface area contributed by atoms with Crippen LogP contribution in [0.25, 0.3) is 0 Å². The number of benzene rings is 4. The monoisotopic (exact) mass is 502 g/mol. The van der Waals surface area contributed by atoms with Gasteiger partial charge in [0.05, 0.1) is 0 Å². The van der Waals surface area contributed by atoms with Crippen molar-refractivity contribution in [3.05, 3.63) is 132 Å². The van der Waals surface area contributed by atoms with Gasteiger partial charge in [-0.3, -0.25) is 0 Å². The summed E-state index contributed by atoms with van der Waals surface area (Å²) in [5, 5.41) is 0. The van der Waals surface area contributed by atoms with Crippen LogP contribution in [0.2, 0.25) is 0 Å². The second-order valence-electron chi connectivity index (χ2n) is 8.27. The van der Waals surface area contributed by atoms with Gasteiger partial charge in [-0.1, -0.05) is 97.1 Å². The fourth-order valence-corrected chi connectivity index (χ4v) is 3.44. The SMILES string of the molecule is C[C@@H](Cc1ccccc1)NOP=O.C[C@H](N)Cc1ccccc1.c1ccc(Oc2ccccc2)cc1. The predicted molar refractivity (Wildman–Crippen MR) is 148 cm³/mol. The molecule has 2 atom stereocenters. The molecule has 188 valence electrons. The first-order chi connectivity index (χ1) is 17.6. The third kappa shape index (κ3) is 13.5. The molecule has 0 radical (unpaired) electrons. The van der Waals surface area contributed by atoms with Crippen LogP contribution in [0, 0.1) is 0 Å². The number of hydrogen-bond donors (Lipinski definition) is 2. The molecule has 0 spiro atoms. The van der Waals surface area contributed by atoms with E-state index in [4.69, 9.17) is 10.5 Å². The van der Waals surface area contributed by atoms with E-state index in [-0.39, 0.29) is 20.8 Å². The number of ether oxygens (including phenoxy) is 1. The number of nitrogens with one attached hydrogen (secondary N) is 1. The van der Waals surface area contributed by atoms with Crippen LogP contribution in [0.5, 0.6) is 11.5 Å². The molecule has 0 saturated carbocycles. The van der Waals surface area contributed by atoms with E-state index in [0.29, 0.717) is 0 Å². The van der Waals surface area contributed by atoms with Crippen LogP contribution in [0.15, 0.2) is 121 Å². The predicted octanol–water partition coefficient (Wildman–Crippen LogP) is 7.40. The molecule has 0 fully saturated rings. The minimum atomic E-state index is -0.335. The zero-order valence-electron chi connectivity index (χ0n) is 20.9. The van der Waals surface area contributed by atoms with E-state index in [9.17, 15) is 4.57 Å². The van der Waals surface area contributed by atoms with E-state index >= 15 is 0 Å². The molecule has 6 heteroatoms. The van der Waals surface area contributed by atoms with Crippen LogP contribution < -0.4 is 16.0 Å². The average molecular weight is 503 g/mol. The van der Waals surface area contributed by atoms with Crippen molar-refractivity contribution in [2.45, 2.75) is 38.8 Å². The Morgan fingerprint density at radius 2 is 1.06 bits per heavy atom. The molecule has 0 bridgehead atoms. The first-order valence-corrected chi connectivity index (χ1v) is 12.7. The van der Waals surface area contributed by atoms with E-state index in [2.05, 4.69) is 22.2 Å². The van der Waals surface area contributed by atoms with Crippen molar-refractivity contribution in [3.8, 4) is 11.5 Å². The number of nitrogens with two attached hydrogens (primary N) is 1. The van der Waals surface area contributed by atoms with Gasteiger partial charge < -0.3 is 10.5 Å². The molecule has 4 rings (SSSR count). The van der Waals surface area contributed by atoms with Crippen molar-refractivity contribution in [3.63, 3.8) is 0 Å². The largest absolute Gasteiger partial charge is 0.457 e. The lowest BCUT2D eigenvalue weighted by Crippen LogP contribution is -2.25. The molecular weight excluding hydrogens is 467 g/mol. The van der Waals surface area contributed by atoms with E-state index < -0.39 is 0 Å². The van der Waals surface area contributed by atoms with Gasteiger partial charge in [0.15, 0.2) is 0 Å². The fraction of sp³-hybridized carbons (Fsp3) is 0.200. The third-order valence-electron chi connectivity index (χ3n) is 4.80. The smallest absolute Gasteiger partial charge is 0.346 e. The standard InChI is InChI=1S/C12H10O.C9H12NO2P.C9H13N/c1-3-7-11(8-4-1)13-12-9-5-2-6-10-12;1-8(10-12-13-11)7-9-5-3-2-4-6-9;1-8(10)7-9-5-3-2-4-6-9/h1-10H;2-6,8,10H,7H2,1H3;2-6,8H,7,10H2,1H3/t;2*8-/m.00/s1. The molecule has 5 nitrogen and oxygen atoms in total. The van der Waals surface area contributed by atoms with E-state index in [1.165, 1.54) is 11.1 Å². The first-order valence-electron chi connectivity index (χ1n) is 11.9. The average Bonchev–Trinajstić information content (AvgIpc) is 2.90. The molecule has 0 unspecified atom stereocenters. The zero-order valence-corrected chi connectivity index (χ0v) is 21.8. The summed E-state index contributed by atoms with van der Waals surface area (Å²) in [6.45, 7) is 3.99. The topological polar surface area (TPSA) is 73.6 Å². The van der Waals surface area contributed by atoms with Crippen molar-refractivity contribution < 1.29 is 13.9 Å². The van der Waals surface area contributed by atoms with Crippen molar-refractivity contribution in [1.29, 1.82) is 0 Å². The molecule has 4 aromatic carbocycles. The van der Waals surface area contributed by atoms with Gasteiger partial charge >= 0.3 is 8.69 Å². The fourth-order valence-electron chi connectivity index (χ4n) is 3.22. The summed E-state index contributed by atoms with van der Waals surface area (Å²) < 4.78 is 20.1. The first kappa shape index (κ1) is 28.9.